The van der Waals surface area contributed by atoms with E-state index in [1.165, 1.54) is 53.4 Å². The molecule has 0 spiro atoms. The van der Waals surface area contributed by atoms with Crippen molar-refractivity contribution in [2.75, 3.05) is 10.0 Å². The number of amides is 1. The van der Waals surface area contributed by atoms with E-state index in [0.29, 0.717) is 32.1 Å². The number of hydrogen-bond acceptors (Lipinski definition) is 6. The van der Waals surface area contributed by atoms with Gasteiger partial charge in [-0.1, -0.05) is 23.2 Å². The third kappa shape index (κ3) is 4.91. The number of nitrogens with zero attached hydrogens (tertiary/aromatic N) is 1. The van der Waals surface area contributed by atoms with Gasteiger partial charge in [0, 0.05) is 16.3 Å². The van der Waals surface area contributed by atoms with Gasteiger partial charge in [-0.15, -0.1) is 11.3 Å². The van der Waals surface area contributed by atoms with Crippen LogP contribution in [0.25, 0.3) is 11.3 Å². The third-order valence-corrected chi connectivity index (χ3v) is 6.86. The van der Waals surface area contributed by atoms with Crippen LogP contribution in [-0.4, -0.2) is 19.3 Å². The van der Waals surface area contributed by atoms with Crippen LogP contribution in [0.4, 0.5) is 10.7 Å². The molecule has 0 aliphatic heterocycles. The fraction of sp³-hybridized carbons (Fsp3) is 0. The van der Waals surface area contributed by atoms with E-state index in [-0.39, 0.29) is 10.7 Å². The van der Waals surface area contributed by atoms with Crippen molar-refractivity contribution in [2.24, 2.45) is 0 Å². The summed E-state index contributed by atoms with van der Waals surface area (Å²) in [5.74, 6) is 0.00158. The zero-order valence-corrected chi connectivity index (χ0v) is 18.6. The SMILES string of the molecule is O=C(Nc1ccc(S(=O)(=O)Nc2cncs2)cc1)c1ccc(-c2ccc(Cl)cc2Cl)o1. The van der Waals surface area contributed by atoms with Crippen molar-refractivity contribution >= 4 is 61.2 Å². The van der Waals surface area contributed by atoms with E-state index >= 15 is 0 Å². The lowest BCUT2D eigenvalue weighted by molar-refractivity contribution is 0.0997. The summed E-state index contributed by atoms with van der Waals surface area (Å²) < 4.78 is 32.8. The molecule has 4 aromatic rings. The molecule has 11 heteroatoms. The van der Waals surface area contributed by atoms with Crippen molar-refractivity contribution in [1.82, 2.24) is 4.98 Å². The molecular formula is C20H13Cl2N3O4S2. The average molecular weight is 494 g/mol. The predicted molar refractivity (Wildman–Crippen MR) is 121 cm³/mol. The Morgan fingerprint density at radius 3 is 2.48 bits per heavy atom. The summed E-state index contributed by atoms with van der Waals surface area (Å²) in [5, 5.41) is 3.96. The number of carbonyl (C=O) groups is 1. The van der Waals surface area contributed by atoms with Gasteiger partial charge in [0.2, 0.25) is 0 Å². The summed E-state index contributed by atoms with van der Waals surface area (Å²) in [7, 11) is -3.75. The van der Waals surface area contributed by atoms with Crippen LogP contribution in [0.3, 0.4) is 0 Å². The maximum atomic E-state index is 12.5. The van der Waals surface area contributed by atoms with Gasteiger partial charge in [0.15, 0.2) is 5.76 Å². The first-order valence-corrected chi connectivity index (χ1v) is 11.8. The number of hydrogen-bond donors (Lipinski definition) is 2. The molecule has 0 saturated carbocycles. The third-order valence-electron chi connectivity index (χ3n) is 4.12. The van der Waals surface area contributed by atoms with Gasteiger partial charge in [0.1, 0.15) is 10.8 Å². The zero-order chi connectivity index (χ0) is 22.0. The Bertz CT molecular complexity index is 1340. The first-order valence-electron chi connectivity index (χ1n) is 8.70. The van der Waals surface area contributed by atoms with Gasteiger partial charge in [-0.05, 0) is 54.6 Å². The fourth-order valence-corrected chi connectivity index (χ4v) is 4.97. The molecule has 1 amide bonds. The maximum Gasteiger partial charge on any atom is 0.291 e. The normalized spacial score (nSPS) is 11.3. The predicted octanol–water partition coefficient (Wildman–Crippen LogP) is 5.76. The molecule has 2 heterocycles. The number of halogens is 2. The molecule has 0 saturated heterocycles. The Labute approximate surface area is 191 Å². The van der Waals surface area contributed by atoms with E-state index in [9.17, 15) is 13.2 Å². The fourth-order valence-electron chi connectivity index (χ4n) is 2.66. The summed E-state index contributed by atoms with van der Waals surface area (Å²) in [4.78, 5) is 16.4. The standard InChI is InChI=1S/C20H13Cl2N3O4S2/c21-12-1-6-15(16(22)9-12)17-7-8-18(29-17)20(26)24-13-2-4-14(5-3-13)31(27,28)25-19-10-23-11-30-19/h1-11,25H,(H,24,26). The van der Waals surface area contributed by atoms with Gasteiger partial charge in [-0.2, -0.15) is 0 Å². The van der Waals surface area contributed by atoms with Gasteiger partial charge in [0.05, 0.1) is 21.6 Å². The van der Waals surface area contributed by atoms with Crippen LogP contribution in [0.1, 0.15) is 10.6 Å². The van der Waals surface area contributed by atoms with Crippen LogP contribution in [0.15, 0.2) is 75.6 Å². The van der Waals surface area contributed by atoms with Crippen molar-refractivity contribution in [3.8, 4) is 11.3 Å². The van der Waals surface area contributed by atoms with E-state index in [0.717, 1.165) is 0 Å². The van der Waals surface area contributed by atoms with Crippen molar-refractivity contribution < 1.29 is 17.6 Å². The first kappa shape index (κ1) is 21.4. The summed E-state index contributed by atoms with van der Waals surface area (Å²) >= 11 is 13.3. The number of sulfonamides is 1. The number of thiazole rings is 1. The van der Waals surface area contributed by atoms with E-state index in [4.69, 9.17) is 27.6 Å². The highest BCUT2D eigenvalue weighted by Gasteiger charge is 2.17. The van der Waals surface area contributed by atoms with Gasteiger partial charge in [-0.3, -0.25) is 14.5 Å². The maximum absolute atomic E-state index is 12.5. The monoisotopic (exact) mass is 493 g/mol. The number of nitrogens with one attached hydrogen (secondary N) is 2. The largest absolute Gasteiger partial charge is 0.451 e. The molecule has 0 radical (unpaired) electrons. The van der Waals surface area contributed by atoms with Crippen molar-refractivity contribution in [3.05, 3.63) is 82.1 Å². The molecule has 2 aromatic heterocycles. The highest BCUT2D eigenvalue weighted by Crippen LogP contribution is 2.31. The average Bonchev–Trinajstić information content (AvgIpc) is 3.40. The molecule has 2 aromatic carbocycles. The molecule has 0 bridgehead atoms. The Morgan fingerprint density at radius 2 is 1.81 bits per heavy atom. The number of carbonyl (C=O) groups excluding carboxylic acids is 1. The highest BCUT2D eigenvalue weighted by molar-refractivity contribution is 7.93. The van der Waals surface area contributed by atoms with Crippen molar-refractivity contribution in [3.63, 3.8) is 0 Å². The highest BCUT2D eigenvalue weighted by atomic mass is 35.5. The van der Waals surface area contributed by atoms with Gasteiger partial charge < -0.3 is 9.73 Å². The number of aromatic nitrogens is 1. The molecule has 0 unspecified atom stereocenters. The lowest BCUT2D eigenvalue weighted by Crippen LogP contribution is -2.13. The first-order chi connectivity index (χ1) is 14.8. The second-order valence-corrected chi connectivity index (χ2v) is 9.65. The van der Waals surface area contributed by atoms with E-state index in [2.05, 4.69) is 15.0 Å². The molecule has 0 aliphatic carbocycles. The van der Waals surface area contributed by atoms with Crippen molar-refractivity contribution in [2.45, 2.75) is 4.90 Å². The molecular weight excluding hydrogens is 481 g/mol. The lowest BCUT2D eigenvalue weighted by Gasteiger charge is -2.07. The topological polar surface area (TPSA) is 101 Å². The Balaban J connectivity index is 1.46. The number of benzene rings is 2. The summed E-state index contributed by atoms with van der Waals surface area (Å²) in [5.41, 5.74) is 2.54. The molecule has 2 N–H and O–H groups in total. The minimum atomic E-state index is -3.75. The molecule has 4 rings (SSSR count). The second-order valence-electron chi connectivity index (χ2n) is 6.24. The minimum Gasteiger partial charge on any atom is -0.451 e. The van der Waals surface area contributed by atoms with Crippen LogP contribution in [0.5, 0.6) is 0 Å². The number of anilines is 2. The van der Waals surface area contributed by atoms with Gasteiger partial charge >= 0.3 is 0 Å². The molecule has 31 heavy (non-hydrogen) atoms. The second kappa shape index (κ2) is 8.72. The summed E-state index contributed by atoms with van der Waals surface area (Å²) in [6.07, 6.45) is 1.42. The summed E-state index contributed by atoms with van der Waals surface area (Å²) in [6, 6.07) is 13.9. The summed E-state index contributed by atoms with van der Waals surface area (Å²) in [6.45, 7) is 0. The zero-order valence-electron chi connectivity index (χ0n) is 15.5. The van der Waals surface area contributed by atoms with Crippen LogP contribution in [-0.2, 0) is 10.0 Å². The Hall–Kier alpha value is -2.85. The van der Waals surface area contributed by atoms with Crippen LogP contribution in [0, 0.1) is 0 Å². The van der Waals surface area contributed by atoms with Crippen LogP contribution >= 0.6 is 34.5 Å². The molecule has 158 valence electrons. The van der Waals surface area contributed by atoms with E-state index < -0.39 is 15.9 Å². The molecule has 0 aliphatic rings. The molecule has 0 fully saturated rings. The Kier molecular flexibility index (Phi) is 6.01. The number of furan rings is 1. The van der Waals surface area contributed by atoms with Crippen molar-refractivity contribution in [1.29, 1.82) is 0 Å². The molecule has 7 nitrogen and oxygen atoms in total. The quantitative estimate of drug-likeness (QED) is 0.355. The number of rotatable bonds is 6. The lowest BCUT2D eigenvalue weighted by atomic mass is 10.2. The van der Waals surface area contributed by atoms with Crippen LogP contribution < -0.4 is 10.0 Å². The van der Waals surface area contributed by atoms with E-state index in [1.807, 2.05) is 0 Å². The van der Waals surface area contributed by atoms with Gasteiger partial charge in [0.25, 0.3) is 15.9 Å². The Morgan fingerprint density at radius 1 is 1.03 bits per heavy atom. The molecule has 0 atom stereocenters. The van der Waals surface area contributed by atoms with E-state index in [1.54, 1.807) is 24.3 Å². The van der Waals surface area contributed by atoms with Gasteiger partial charge in [-0.25, -0.2) is 8.42 Å². The minimum absolute atomic E-state index is 0.0524. The smallest absolute Gasteiger partial charge is 0.291 e. The van der Waals surface area contributed by atoms with Crippen LogP contribution in [0.2, 0.25) is 10.0 Å².